The quantitative estimate of drug-likeness (QED) is 0.844. The first kappa shape index (κ1) is 14.5. The number of nitrogens with one attached hydrogen (secondary N) is 2. The predicted molar refractivity (Wildman–Crippen MR) is 77.0 cm³/mol. The average Bonchev–Trinajstić information content (AvgIpc) is 2.84. The highest BCUT2D eigenvalue weighted by Crippen LogP contribution is 2.14. The van der Waals surface area contributed by atoms with Crippen molar-refractivity contribution in [1.82, 2.24) is 5.32 Å². The fourth-order valence-corrected chi connectivity index (χ4v) is 3.15. The van der Waals surface area contributed by atoms with E-state index in [0.29, 0.717) is 6.54 Å². The number of ether oxygens (including phenoxy) is 1. The molecule has 0 saturated carbocycles. The van der Waals surface area contributed by atoms with Gasteiger partial charge in [0.05, 0.1) is 24.6 Å². The van der Waals surface area contributed by atoms with Crippen molar-refractivity contribution in [3.8, 4) is 0 Å². The molecule has 1 aromatic heterocycles. The van der Waals surface area contributed by atoms with E-state index in [1.165, 1.54) is 9.78 Å². The molecule has 1 aliphatic heterocycles. The van der Waals surface area contributed by atoms with Crippen LogP contribution >= 0.6 is 11.3 Å². The summed E-state index contributed by atoms with van der Waals surface area (Å²) in [5, 5.41) is 3.06. The lowest BCUT2D eigenvalue weighted by molar-refractivity contribution is -0.954. The van der Waals surface area contributed by atoms with Gasteiger partial charge in [-0.2, -0.15) is 0 Å². The van der Waals surface area contributed by atoms with E-state index in [-0.39, 0.29) is 11.4 Å². The number of aryl methyl sites for hydroxylation is 1. The van der Waals surface area contributed by atoms with Crippen LogP contribution in [0.25, 0.3) is 0 Å². The first-order valence-electron chi connectivity index (χ1n) is 6.76. The fourth-order valence-electron chi connectivity index (χ4n) is 2.36. The van der Waals surface area contributed by atoms with Gasteiger partial charge >= 0.3 is 0 Å². The SMILES string of the molecule is Cc1ccc(C(=O)NCC(C)(C)[NH+]2CCOCC2)s1. The van der Waals surface area contributed by atoms with Gasteiger partial charge in [-0.05, 0) is 32.9 Å². The molecule has 0 radical (unpaired) electrons. The van der Waals surface area contributed by atoms with Crippen LogP contribution in [0.5, 0.6) is 0 Å². The van der Waals surface area contributed by atoms with E-state index >= 15 is 0 Å². The summed E-state index contributed by atoms with van der Waals surface area (Å²) >= 11 is 1.54. The Balaban J connectivity index is 1.88. The Hall–Kier alpha value is -0.910. The minimum atomic E-state index is 0.0406. The summed E-state index contributed by atoms with van der Waals surface area (Å²) < 4.78 is 5.39. The van der Waals surface area contributed by atoms with E-state index in [2.05, 4.69) is 19.2 Å². The van der Waals surface area contributed by atoms with Gasteiger partial charge in [0.1, 0.15) is 18.6 Å². The summed E-state index contributed by atoms with van der Waals surface area (Å²) in [6, 6.07) is 3.88. The lowest BCUT2D eigenvalue weighted by Crippen LogP contribution is -3.22. The highest BCUT2D eigenvalue weighted by atomic mass is 32.1. The van der Waals surface area contributed by atoms with Gasteiger partial charge in [-0.1, -0.05) is 0 Å². The molecule has 106 valence electrons. The Morgan fingerprint density at radius 3 is 2.68 bits per heavy atom. The number of carbonyl (C=O) groups is 1. The van der Waals surface area contributed by atoms with Gasteiger partial charge in [0.2, 0.25) is 0 Å². The second-order valence-corrected chi connectivity index (χ2v) is 6.98. The molecule has 1 aliphatic rings. The normalized spacial score (nSPS) is 17.4. The van der Waals surface area contributed by atoms with Gasteiger partial charge in [0, 0.05) is 4.88 Å². The Labute approximate surface area is 118 Å². The molecule has 0 aromatic carbocycles. The number of amides is 1. The standard InChI is InChI=1S/C14H22N2O2S/c1-11-4-5-12(19-11)13(17)15-10-14(2,3)16-6-8-18-9-7-16/h4-5H,6-10H2,1-3H3,(H,15,17)/p+1. The van der Waals surface area contributed by atoms with Crippen LogP contribution in [-0.2, 0) is 4.74 Å². The highest BCUT2D eigenvalue weighted by Gasteiger charge is 2.32. The summed E-state index contributed by atoms with van der Waals surface area (Å²) in [4.78, 5) is 15.5. The zero-order chi connectivity index (χ0) is 13.9. The predicted octanol–water partition coefficient (Wildman–Crippen LogP) is 0.480. The van der Waals surface area contributed by atoms with Crippen LogP contribution in [0.3, 0.4) is 0 Å². The van der Waals surface area contributed by atoms with Crippen LogP contribution < -0.4 is 10.2 Å². The van der Waals surface area contributed by atoms with E-state index in [9.17, 15) is 4.79 Å². The van der Waals surface area contributed by atoms with Crippen molar-refractivity contribution in [2.24, 2.45) is 0 Å². The molecule has 2 heterocycles. The molecule has 0 atom stereocenters. The van der Waals surface area contributed by atoms with Crippen LogP contribution in [0.1, 0.15) is 28.4 Å². The summed E-state index contributed by atoms with van der Waals surface area (Å²) in [7, 11) is 0. The van der Waals surface area contributed by atoms with E-state index < -0.39 is 0 Å². The van der Waals surface area contributed by atoms with Crippen molar-refractivity contribution < 1.29 is 14.4 Å². The molecule has 0 unspecified atom stereocenters. The molecule has 1 aromatic rings. The highest BCUT2D eigenvalue weighted by molar-refractivity contribution is 7.13. The number of carbonyl (C=O) groups excluding carboxylic acids is 1. The molecular formula is C14H23N2O2S+. The second kappa shape index (κ2) is 6.03. The van der Waals surface area contributed by atoms with Gasteiger partial charge < -0.3 is 15.0 Å². The van der Waals surface area contributed by atoms with E-state index in [0.717, 1.165) is 31.2 Å². The number of morpholine rings is 1. The number of hydrogen-bond acceptors (Lipinski definition) is 3. The van der Waals surface area contributed by atoms with Crippen molar-refractivity contribution in [1.29, 1.82) is 0 Å². The lowest BCUT2D eigenvalue weighted by atomic mass is 10.0. The van der Waals surface area contributed by atoms with Gasteiger partial charge in [0.15, 0.2) is 0 Å². The van der Waals surface area contributed by atoms with E-state index in [1.54, 1.807) is 11.3 Å². The molecule has 2 N–H and O–H groups in total. The van der Waals surface area contributed by atoms with Crippen molar-refractivity contribution in [3.63, 3.8) is 0 Å². The monoisotopic (exact) mass is 283 g/mol. The van der Waals surface area contributed by atoms with Crippen molar-refractivity contribution in [2.75, 3.05) is 32.8 Å². The maximum Gasteiger partial charge on any atom is 0.261 e. The minimum absolute atomic E-state index is 0.0406. The summed E-state index contributed by atoms with van der Waals surface area (Å²) in [5.41, 5.74) is 0.0474. The van der Waals surface area contributed by atoms with E-state index in [1.807, 2.05) is 19.1 Å². The molecule has 5 heteroatoms. The average molecular weight is 283 g/mol. The molecule has 4 nitrogen and oxygen atoms in total. The van der Waals surface area contributed by atoms with Crippen LogP contribution in [0, 0.1) is 6.92 Å². The molecular weight excluding hydrogens is 260 g/mol. The van der Waals surface area contributed by atoms with Crippen LogP contribution in [0.4, 0.5) is 0 Å². The molecule has 19 heavy (non-hydrogen) atoms. The first-order chi connectivity index (χ1) is 8.99. The Morgan fingerprint density at radius 1 is 1.42 bits per heavy atom. The molecule has 1 amide bonds. The number of quaternary nitrogens is 1. The third kappa shape index (κ3) is 3.78. The maximum atomic E-state index is 12.1. The zero-order valence-electron chi connectivity index (χ0n) is 11.9. The molecule has 0 bridgehead atoms. The molecule has 0 aliphatic carbocycles. The number of thiophene rings is 1. The van der Waals surface area contributed by atoms with Crippen LogP contribution in [0.15, 0.2) is 12.1 Å². The molecule has 2 rings (SSSR count). The Morgan fingerprint density at radius 2 is 2.11 bits per heavy atom. The smallest absolute Gasteiger partial charge is 0.261 e. The van der Waals surface area contributed by atoms with Crippen LogP contribution in [-0.4, -0.2) is 44.3 Å². The Kier molecular flexibility index (Phi) is 4.60. The third-order valence-electron chi connectivity index (χ3n) is 3.71. The third-order valence-corrected chi connectivity index (χ3v) is 4.71. The molecule has 0 spiro atoms. The van der Waals surface area contributed by atoms with Gasteiger partial charge in [-0.3, -0.25) is 4.79 Å². The zero-order valence-corrected chi connectivity index (χ0v) is 12.7. The largest absolute Gasteiger partial charge is 0.370 e. The fraction of sp³-hybridized carbons (Fsp3) is 0.643. The maximum absolute atomic E-state index is 12.1. The minimum Gasteiger partial charge on any atom is -0.370 e. The van der Waals surface area contributed by atoms with Gasteiger partial charge in [-0.25, -0.2) is 0 Å². The van der Waals surface area contributed by atoms with Crippen molar-refractivity contribution in [2.45, 2.75) is 26.3 Å². The van der Waals surface area contributed by atoms with Gasteiger partial charge in [0.25, 0.3) is 5.91 Å². The van der Waals surface area contributed by atoms with Crippen molar-refractivity contribution >= 4 is 17.2 Å². The summed E-state index contributed by atoms with van der Waals surface area (Å²) in [5.74, 6) is 0.0406. The lowest BCUT2D eigenvalue weighted by Gasteiger charge is -2.37. The number of rotatable bonds is 4. The Bertz CT molecular complexity index is 436. The van der Waals surface area contributed by atoms with Gasteiger partial charge in [-0.15, -0.1) is 11.3 Å². The second-order valence-electron chi connectivity index (χ2n) is 5.69. The number of hydrogen-bond donors (Lipinski definition) is 2. The molecule has 1 fully saturated rings. The van der Waals surface area contributed by atoms with E-state index in [4.69, 9.17) is 4.74 Å². The molecule has 1 saturated heterocycles. The first-order valence-corrected chi connectivity index (χ1v) is 7.58. The van der Waals surface area contributed by atoms with Crippen molar-refractivity contribution in [3.05, 3.63) is 21.9 Å². The topological polar surface area (TPSA) is 42.8 Å². The summed E-state index contributed by atoms with van der Waals surface area (Å²) in [6.07, 6.45) is 0. The van der Waals surface area contributed by atoms with Crippen LogP contribution in [0.2, 0.25) is 0 Å². The summed E-state index contributed by atoms with van der Waals surface area (Å²) in [6.45, 7) is 10.8.